The average Bonchev–Trinajstić information content (AvgIpc) is 2.18. The highest BCUT2D eigenvalue weighted by atomic mass is 15.2. The molecule has 3 heteroatoms. The highest BCUT2D eigenvalue weighted by Crippen LogP contribution is 2.19. The summed E-state index contributed by atoms with van der Waals surface area (Å²) >= 11 is 0. The van der Waals surface area contributed by atoms with E-state index in [9.17, 15) is 0 Å². The zero-order valence-corrected chi connectivity index (χ0v) is 9.45. The van der Waals surface area contributed by atoms with E-state index in [2.05, 4.69) is 37.2 Å². The minimum atomic E-state index is 0.380. The van der Waals surface area contributed by atoms with Gasteiger partial charge >= 0.3 is 0 Å². The van der Waals surface area contributed by atoms with Gasteiger partial charge in [0.2, 0.25) is 0 Å². The van der Waals surface area contributed by atoms with Crippen LogP contribution < -0.4 is 5.32 Å². The van der Waals surface area contributed by atoms with Crippen molar-refractivity contribution in [2.75, 3.05) is 20.1 Å². The molecular weight excluding hydrogens is 174 g/mol. The Hall–Kier alpha value is -0.590. The lowest BCUT2D eigenvalue weighted by Gasteiger charge is -2.39. The maximum atomic E-state index is 8.66. The largest absolute Gasteiger partial charge is 0.316 e. The Balaban J connectivity index is 2.49. The second-order valence-corrected chi connectivity index (χ2v) is 4.41. The Kier molecular flexibility index (Phi) is 4.37. The Morgan fingerprint density at radius 2 is 2.36 bits per heavy atom. The predicted octanol–water partition coefficient (Wildman–Crippen LogP) is 1.22. The van der Waals surface area contributed by atoms with Crippen LogP contribution in [0.25, 0.3) is 0 Å². The summed E-state index contributed by atoms with van der Waals surface area (Å²) in [7, 11) is 2.15. The lowest BCUT2D eigenvalue weighted by atomic mass is 9.93. The van der Waals surface area contributed by atoms with Gasteiger partial charge < -0.3 is 5.32 Å². The number of nitrogens with zero attached hydrogens (tertiary/aromatic N) is 2. The second kappa shape index (κ2) is 5.33. The van der Waals surface area contributed by atoms with Gasteiger partial charge in [0.05, 0.1) is 12.5 Å². The Bertz CT molecular complexity index is 209. The van der Waals surface area contributed by atoms with Gasteiger partial charge in [-0.1, -0.05) is 6.92 Å². The normalized spacial score (nSPS) is 29.9. The number of hydrogen-bond acceptors (Lipinski definition) is 3. The summed E-state index contributed by atoms with van der Waals surface area (Å²) in [6.07, 6.45) is 1.83. The molecule has 3 nitrogen and oxygen atoms in total. The van der Waals surface area contributed by atoms with Crippen LogP contribution in [0.4, 0.5) is 0 Å². The smallest absolute Gasteiger partial charge is 0.0638 e. The minimum Gasteiger partial charge on any atom is -0.316 e. The van der Waals surface area contributed by atoms with E-state index in [4.69, 9.17) is 5.26 Å². The highest BCUT2D eigenvalue weighted by molar-refractivity contribution is 4.87. The molecular formula is C11H21N3. The van der Waals surface area contributed by atoms with Crippen LogP contribution in [-0.2, 0) is 0 Å². The molecule has 1 rings (SSSR count). The zero-order chi connectivity index (χ0) is 10.6. The van der Waals surface area contributed by atoms with Gasteiger partial charge in [0.15, 0.2) is 0 Å². The molecule has 0 aromatic rings. The maximum absolute atomic E-state index is 8.66. The topological polar surface area (TPSA) is 39.1 Å². The molecule has 1 heterocycles. The maximum Gasteiger partial charge on any atom is 0.0638 e. The summed E-state index contributed by atoms with van der Waals surface area (Å²) in [5.74, 6) is 0.690. The highest BCUT2D eigenvalue weighted by Gasteiger charge is 2.27. The van der Waals surface area contributed by atoms with E-state index >= 15 is 0 Å². The summed E-state index contributed by atoms with van der Waals surface area (Å²) in [5, 5.41) is 12.1. The van der Waals surface area contributed by atoms with E-state index in [0.717, 1.165) is 13.1 Å². The Morgan fingerprint density at radius 1 is 1.64 bits per heavy atom. The van der Waals surface area contributed by atoms with E-state index in [1.807, 2.05) is 0 Å². The molecule has 0 aromatic carbocycles. The van der Waals surface area contributed by atoms with Crippen molar-refractivity contribution in [3.8, 4) is 6.07 Å². The van der Waals surface area contributed by atoms with Crippen LogP contribution in [0.15, 0.2) is 0 Å². The molecule has 1 aliphatic rings. The second-order valence-electron chi connectivity index (χ2n) is 4.41. The van der Waals surface area contributed by atoms with Crippen molar-refractivity contribution < 1.29 is 0 Å². The summed E-state index contributed by atoms with van der Waals surface area (Å²) in [5.41, 5.74) is 0. The molecule has 0 spiro atoms. The minimum absolute atomic E-state index is 0.380. The summed E-state index contributed by atoms with van der Waals surface area (Å²) in [4.78, 5) is 2.37. The zero-order valence-electron chi connectivity index (χ0n) is 9.45. The number of piperidine rings is 1. The lowest BCUT2D eigenvalue weighted by Crippen LogP contribution is -2.49. The first-order valence-electron chi connectivity index (χ1n) is 5.46. The molecule has 3 atom stereocenters. The molecule has 0 bridgehead atoms. The van der Waals surface area contributed by atoms with Crippen LogP contribution in [0.1, 0.15) is 26.7 Å². The quantitative estimate of drug-likeness (QED) is 0.736. The van der Waals surface area contributed by atoms with E-state index in [1.165, 1.54) is 6.42 Å². The van der Waals surface area contributed by atoms with Gasteiger partial charge in [0.25, 0.3) is 0 Å². The third-order valence-corrected chi connectivity index (χ3v) is 3.35. The van der Waals surface area contributed by atoms with Crippen LogP contribution in [0.3, 0.4) is 0 Å². The van der Waals surface area contributed by atoms with Crippen molar-refractivity contribution in [1.82, 2.24) is 10.2 Å². The first-order chi connectivity index (χ1) is 6.66. The van der Waals surface area contributed by atoms with Gasteiger partial charge in [-0.25, -0.2) is 0 Å². The van der Waals surface area contributed by atoms with Crippen LogP contribution in [-0.4, -0.2) is 37.1 Å². The van der Waals surface area contributed by atoms with Crippen molar-refractivity contribution in [2.24, 2.45) is 5.92 Å². The third kappa shape index (κ3) is 2.70. The average molecular weight is 195 g/mol. The van der Waals surface area contributed by atoms with Gasteiger partial charge in [-0.05, 0) is 39.4 Å². The standard InChI is InChI=1S/C11H21N3/c1-9-8-13-7-5-11(9)14(3)10(2)4-6-12/h9-11,13H,4-5,7-8H2,1-3H3. The summed E-state index contributed by atoms with van der Waals surface area (Å²) in [6, 6.07) is 3.26. The van der Waals surface area contributed by atoms with E-state index in [-0.39, 0.29) is 0 Å². The summed E-state index contributed by atoms with van der Waals surface area (Å²) < 4.78 is 0. The molecule has 14 heavy (non-hydrogen) atoms. The monoisotopic (exact) mass is 195 g/mol. The van der Waals surface area contributed by atoms with Crippen molar-refractivity contribution in [3.63, 3.8) is 0 Å². The number of nitriles is 1. The SMILES string of the molecule is CC1CNCCC1N(C)C(C)CC#N. The van der Waals surface area contributed by atoms with Crippen molar-refractivity contribution >= 4 is 0 Å². The van der Waals surface area contributed by atoms with Crippen LogP contribution in [0.5, 0.6) is 0 Å². The molecule has 0 aliphatic carbocycles. The van der Waals surface area contributed by atoms with Gasteiger partial charge in [-0.3, -0.25) is 4.90 Å². The summed E-state index contributed by atoms with van der Waals surface area (Å²) in [6.45, 7) is 6.64. The predicted molar refractivity (Wildman–Crippen MR) is 57.9 cm³/mol. The van der Waals surface area contributed by atoms with E-state index < -0.39 is 0 Å². The number of rotatable bonds is 3. The molecule has 80 valence electrons. The molecule has 0 amide bonds. The van der Waals surface area contributed by atoms with Crippen molar-refractivity contribution in [3.05, 3.63) is 0 Å². The molecule has 1 aliphatic heterocycles. The van der Waals surface area contributed by atoms with Crippen molar-refractivity contribution in [1.29, 1.82) is 5.26 Å². The van der Waals surface area contributed by atoms with Crippen LogP contribution in [0.2, 0.25) is 0 Å². The Morgan fingerprint density at radius 3 is 2.93 bits per heavy atom. The molecule has 1 fully saturated rings. The van der Waals surface area contributed by atoms with Crippen molar-refractivity contribution in [2.45, 2.75) is 38.8 Å². The fourth-order valence-corrected chi connectivity index (χ4v) is 2.21. The Labute approximate surface area is 87.1 Å². The molecule has 0 saturated carbocycles. The number of nitrogens with one attached hydrogen (secondary N) is 1. The van der Waals surface area contributed by atoms with Gasteiger partial charge in [0.1, 0.15) is 0 Å². The molecule has 1 N–H and O–H groups in total. The first kappa shape index (κ1) is 11.5. The molecule has 0 aromatic heterocycles. The van der Waals surface area contributed by atoms with Crippen LogP contribution in [0, 0.1) is 17.2 Å². The van der Waals surface area contributed by atoms with E-state index in [0.29, 0.717) is 24.4 Å². The fourth-order valence-electron chi connectivity index (χ4n) is 2.21. The van der Waals surface area contributed by atoms with Crippen LogP contribution >= 0.6 is 0 Å². The first-order valence-corrected chi connectivity index (χ1v) is 5.46. The molecule has 0 radical (unpaired) electrons. The van der Waals surface area contributed by atoms with Gasteiger partial charge in [-0.2, -0.15) is 5.26 Å². The molecule has 3 unspecified atom stereocenters. The van der Waals surface area contributed by atoms with E-state index in [1.54, 1.807) is 0 Å². The fraction of sp³-hybridized carbons (Fsp3) is 0.909. The van der Waals surface area contributed by atoms with Gasteiger partial charge in [-0.15, -0.1) is 0 Å². The third-order valence-electron chi connectivity index (χ3n) is 3.35. The van der Waals surface area contributed by atoms with Gasteiger partial charge in [0, 0.05) is 12.1 Å². The molecule has 1 saturated heterocycles. The number of hydrogen-bond donors (Lipinski definition) is 1. The lowest BCUT2D eigenvalue weighted by molar-refractivity contribution is 0.113.